The number of hydrogen-bond acceptors (Lipinski definition) is 3. The van der Waals surface area contributed by atoms with E-state index in [1.165, 1.54) is 0 Å². The number of amides is 1. The molecule has 0 aromatic carbocycles. The first-order valence-corrected chi connectivity index (χ1v) is 7.56. The third kappa shape index (κ3) is 2.55. The van der Waals surface area contributed by atoms with Gasteiger partial charge in [-0.3, -0.25) is 9.59 Å². The van der Waals surface area contributed by atoms with Gasteiger partial charge in [0, 0.05) is 19.6 Å². The van der Waals surface area contributed by atoms with E-state index in [0.29, 0.717) is 32.0 Å². The Balaban J connectivity index is 2.09. The molecule has 2 fully saturated rings. The molecule has 1 saturated heterocycles. The van der Waals surface area contributed by atoms with Gasteiger partial charge in [-0.2, -0.15) is 0 Å². The highest BCUT2D eigenvalue weighted by Gasteiger charge is 2.48. The van der Waals surface area contributed by atoms with Crippen molar-refractivity contribution >= 4 is 11.9 Å². The highest BCUT2D eigenvalue weighted by Crippen LogP contribution is 2.41. The van der Waals surface area contributed by atoms with Crippen molar-refractivity contribution in [3.05, 3.63) is 0 Å². The van der Waals surface area contributed by atoms with Crippen LogP contribution in [0.1, 0.15) is 46.0 Å². The summed E-state index contributed by atoms with van der Waals surface area (Å²) in [5, 5.41) is 9.28. The maximum Gasteiger partial charge on any atom is 0.311 e. The van der Waals surface area contributed by atoms with Gasteiger partial charge < -0.3 is 15.7 Å². The largest absolute Gasteiger partial charge is 0.481 e. The minimum absolute atomic E-state index is 0.0804. The molecule has 0 aromatic rings. The van der Waals surface area contributed by atoms with Gasteiger partial charge in [0.05, 0.1) is 10.8 Å². The Bertz CT molecular complexity index is 402. The van der Waals surface area contributed by atoms with Crippen LogP contribution in [0.25, 0.3) is 0 Å². The summed E-state index contributed by atoms with van der Waals surface area (Å²) in [6, 6.07) is 0. The quantitative estimate of drug-likeness (QED) is 0.821. The number of likely N-dealkylation sites (tertiary alicyclic amines) is 1. The molecule has 2 aliphatic rings. The number of rotatable bonds is 3. The van der Waals surface area contributed by atoms with E-state index in [0.717, 1.165) is 25.7 Å². The van der Waals surface area contributed by atoms with Crippen molar-refractivity contribution in [2.75, 3.05) is 19.6 Å². The van der Waals surface area contributed by atoms with Crippen LogP contribution in [0.5, 0.6) is 0 Å². The van der Waals surface area contributed by atoms with E-state index in [1.54, 1.807) is 11.8 Å². The summed E-state index contributed by atoms with van der Waals surface area (Å²) in [5.41, 5.74) is 4.67. The molecule has 5 heteroatoms. The van der Waals surface area contributed by atoms with Crippen molar-refractivity contribution in [1.29, 1.82) is 0 Å². The Labute approximate surface area is 120 Å². The van der Waals surface area contributed by atoms with Gasteiger partial charge >= 0.3 is 5.97 Å². The SMILES string of the molecule is CC1CCC(CN)(C(=O)N2CCC(C)(C(=O)O)C2)CC1. The predicted molar refractivity (Wildman–Crippen MR) is 76.1 cm³/mol. The van der Waals surface area contributed by atoms with E-state index in [2.05, 4.69) is 6.92 Å². The molecule has 1 unspecified atom stereocenters. The molecule has 20 heavy (non-hydrogen) atoms. The zero-order valence-electron chi connectivity index (χ0n) is 12.5. The fraction of sp³-hybridized carbons (Fsp3) is 0.867. The average molecular weight is 282 g/mol. The molecule has 3 N–H and O–H groups in total. The Kier molecular flexibility index (Phi) is 4.09. The number of nitrogens with zero attached hydrogens (tertiary/aromatic N) is 1. The lowest BCUT2D eigenvalue weighted by molar-refractivity contribution is -0.148. The van der Waals surface area contributed by atoms with E-state index >= 15 is 0 Å². The molecule has 114 valence electrons. The van der Waals surface area contributed by atoms with Crippen LogP contribution in [0.2, 0.25) is 0 Å². The first-order valence-electron chi connectivity index (χ1n) is 7.56. The van der Waals surface area contributed by atoms with E-state index in [4.69, 9.17) is 5.73 Å². The molecule has 0 aromatic heterocycles. The molecular weight excluding hydrogens is 256 g/mol. The summed E-state index contributed by atoms with van der Waals surface area (Å²) in [6.45, 7) is 5.17. The fourth-order valence-corrected chi connectivity index (χ4v) is 3.46. The van der Waals surface area contributed by atoms with Crippen LogP contribution >= 0.6 is 0 Å². The van der Waals surface area contributed by atoms with Gasteiger partial charge in [0.1, 0.15) is 0 Å². The second-order valence-electron chi connectivity index (χ2n) is 7.01. The standard InChI is InChI=1S/C15H26N2O3/c1-11-3-5-15(9-16,6-4-11)12(18)17-8-7-14(2,10-17)13(19)20/h11H,3-10,16H2,1-2H3,(H,19,20). The van der Waals surface area contributed by atoms with E-state index in [1.807, 2.05) is 0 Å². The molecule has 1 amide bonds. The molecule has 1 aliphatic heterocycles. The molecule has 1 heterocycles. The molecule has 1 atom stereocenters. The van der Waals surface area contributed by atoms with Crippen molar-refractivity contribution in [3.63, 3.8) is 0 Å². The lowest BCUT2D eigenvalue weighted by Gasteiger charge is -2.40. The first-order chi connectivity index (χ1) is 9.33. The first kappa shape index (κ1) is 15.3. The Morgan fingerprint density at radius 2 is 1.90 bits per heavy atom. The summed E-state index contributed by atoms with van der Waals surface area (Å²) in [5.74, 6) is -0.0749. The fourth-order valence-electron chi connectivity index (χ4n) is 3.46. The van der Waals surface area contributed by atoms with Crippen molar-refractivity contribution in [1.82, 2.24) is 4.90 Å². The number of carbonyl (C=O) groups is 2. The van der Waals surface area contributed by atoms with Crippen LogP contribution < -0.4 is 5.73 Å². The predicted octanol–water partition coefficient (Wildman–Crippen LogP) is 1.46. The lowest BCUT2D eigenvalue weighted by atomic mass is 9.70. The highest BCUT2D eigenvalue weighted by molar-refractivity contribution is 5.85. The number of hydrogen-bond donors (Lipinski definition) is 2. The van der Waals surface area contributed by atoms with E-state index in [9.17, 15) is 14.7 Å². The summed E-state index contributed by atoms with van der Waals surface area (Å²) in [4.78, 5) is 25.9. The second-order valence-corrected chi connectivity index (χ2v) is 7.01. The Morgan fingerprint density at radius 3 is 2.35 bits per heavy atom. The Morgan fingerprint density at radius 1 is 1.30 bits per heavy atom. The molecule has 0 spiro atoms. The maximum atomic E-state index is 12.8. The van der Waals surface area contributed by atoms with Crippen molar-refractivity contribution < 1.29 is 14.7 Å². The summed E-state index contributed by atoms with van der Waals surface area (Å²) < 4.78 is 0. The Hall–Kier alpha value is -1.10. The molecule has 0 radical (unpaired) electrons. The number of nitrogens with two attached hydrogens (primary N) is 1. The van der Waals surface area contributed by atoms with Crippen LogP contribution in [-0.4, -0.2) is 41.5 Å². The number of aliphatic carboxylic acids is 1. The smallest absolute Gasteiger partial charge is 0.311 e. The van der Waals surface area contributed by atoms with E-state index in [-0.39, 0.29) is 5.91 Å². The number of carbonyl (C=O) groups excluding carboxylic acids is 1. The lowest BCUT2D eigenvalue weighted by Crippen LogP contribution is -2.49. The van der Waals surface area contributed by atoms with Crippen LogP contribution in [0.4, 0.5) is 0 Å². The van der Waals surface area contributed by atoms with Gasteiger partial charge in [0.25, 0.3) is 0 Å². The van der Waals surface area contributed by atoms with Crippen molar-refractivity contribution in [3.8, 4) is 0 Å². The van der Waals surface area contributed by atoms with Gasteiger partial charge in [0.15, 0.2) is 0 Å². The van der Waals surface area contributed by atoms with Gasteiger partial charge in [-0.15, -0.1) is 0 Å². The summed E-state index contributed by atoms with van der Waals surface area (Å²) in [7, 11) is 0. The number of carboxylic acid groups (broad SMARTS) is 1. The minimum atomic E-state index is -0.813. The molecule has 5 nitrogen and oxygen atoms in total. The van der Waals surface area contributed by atoms with Crippen molar-refractivity contribution in [2.24, 2.45) is 22.5 Å². The van der Waals surface area contributed by atoms with Crippen LogP contribution in [0.3, 0.4) is 0 Å². The zero-order valence-corrected chi connectivity index (χ0v) is 12.5. The normalized spacial score (nSPS) is 38.0. The van der Waals surface area contributed by atoms with E-state index < -0.39 is 16.8 Å². The maximum absolute atomic E-state index is 12.8. The minimum Gasteiger partial charge on any atom is -0.481 e. The van der Waals surface area contributed by atoms with Gasteiger partial charge in [0.2, 0.25) is 5.91 Å². The molecule has 0 bridgehead atoms. The molecular formula is C15H26N2O3. The van der Waals surface area contributed by atoms with Gasteiger partial charge in [-0.25, -0.2) is 0 Å². The van der Waals surface area contributed by atoms with Crippen molar-refractivity contribution in [2.45, 2.75) is 46.0 Å². The summed E-state index contributed by atoms with van der Waals surface area (Å²) in [6.07, 6.45) is 4.28. The van der Waals surface area contributed by atoms with Gasteiger partial charge in [-0.1, -0.05) is 6.92 Å². The second kappa shape index (κ2) is 5.35. The monoisotopic (exact) mass is 282 g/mol. The summed E-state index contributed by atoms with van der Waals surface area (Å²) >= 11 is 0. The molecule has 1 saturated carbocycles. The molecule has 2 rings (SSSR count). The van der Waals surface area contributed by atoms with Crippen LogP contribution in [0, 0.1) is 16.7 Å². The molecule has 1 aliphatic carbocycles. The average Bonchev–Trinajstić information content (AvgIpc) is 2.83. The van der Waals surface area contributed by atoms with Crippen LogP contribution in [0.15, 0.2) is 0 Å². The third-order valence-electron chi connectivity index (χ3n) is 5.35. The highest BCUT2D eigenvalue weighted by atomic mass is 16.4. The third-order valence-corrected chi connectivity index (χ3v) is 5.35. The topological polar surface area (TPSA) is 83.6 Å². The zero-order chi connectivity index (χ0) is 15.0. The number of carboxylic acids is 1. The van der Waals surface area contributed by atoms with Gasteiger partial charge in [-0.05, 0) is 44.9 Å². The van der Waals surface area contributed by atoms with Crippen LogP contribution in [-0.2, 0) is 9.59 Å².